The van der Waals surface area contributed by atoms with Gasteiger partial charge in [0.05, 0.1) is 5.69 Å². The van der Waals surface area contributed by atoms with E-state index in [4.69, 9.17) is 5.73 Å². The summed E-state index contributed by atoms with van der Waals surface area (Å²) >= 11 is 0. The molecule has 0 spiro atoms. The molecule has 0 saturated heterocycles. The van der Waals surface area contributed by atoms with Crippen LogP contribution in [-0.2, 0) is 17.6 Å². The number of amides is 1. The quantitative estimate of drug-likeness (QED) is 0.246. The summed E-state index contributed by atoms with van der Waals surface area (Å²) in [6.07, 6.45) is 6.62. The van der Waals surface area contributed by atoms with Crippen molar-refractivity contribution < 1.29 is 18.4 Å². The smallest absolute Gasteiger partial charge is 0.251 e. The van der Waals surface area contributed by atoms with Crippen LogP contribution in [0.2, 0.25) is 0 Å². The van der Waals surface area contributed by atoms with Crippen molar-refractivity contribution in [1.29, 1.82) is 0 Å². The first-order chi connectivity index (χ1) is 20.2. The van der Waals surface area contributed by atoms with Crippen molar-refractivity contribution in [3.63, 3.8) is 0 Å². The van der Waals surface area contributed by atoms with Crippen LogP contribution >= 0.6 is 0 Å². The van der Waals surface area contributed by atoms with E-state index in [0.717, 1.165) is 35.6 Å². The molecule has 8 heteroatoms. The third kappa shape index (κ3) is 5.84. The molecule has 1 atom stereocenters. The molecule has 2 aliphatic rings. The molecular weight excluding hydrogens is 536 g/mol. The Bertz CT molecular complexity index is 1790. The number of primary amides is 1. The number of aromatic amines is 1. The van der Waals surface area contributed by atoms with Gasteiger partial charge in [0.15, 0.2) is 0 Å². The number of nitrogens with zero attached hydrogens (tertiary/aromatic N) is 1. The molecule has 6 rings (SSSR count). The van der Waals surface area contributed by atoms with Gasteiger partial charge in [0.25, 0.3) is 5.56 Å². The average molecular weight is 566 g/mol. The molecule has 0 bridgehead atoms. The minimum Gasteiger partial charge on any atom is -0.366 e. The zero-order chi connectivity index (χ0) is 29.4. The second-order valence-corrected chi connectivity index (χ2v) is 11.1. The van der Waals surface area contributed by atoms with Gasteiger partial charge in [-0.25, -0.2) is 8.78 Å². The third-order valence-electron chi connectivity index (χ3n) is 8.01. The van der Waals surface area contributed by atoms with Gasteiger partial charge in [0.1, 0.15) is 17.4 Å². The van der Waals surface area contributed by atoms with Crippen LogP contribution in [0.5, 0.6) is 0 Å². The number of H-pyrrole nitrogens is 1. The lowest BCUT2D eigenvalue weighted by Gasteiger charge is -2.20. The average Bonchev–Trinajstić information content (AvgIpc) is 3.74. The number of hydrogen-bond donors (Lipinski definition) is 2. The van der Waals surface area contributed by atoms with E-state index < -0.39 is 23.5 Å². The topological polar surface area (TPSA) is 106 Å². The number of pyridine rings is 2. The van der Waals surface area contributed by atoms with Crippen molar-refractivity contribution in [2.24, 2.45) is 5.73 Å². The number of Topliss-reactive ketones (excluding diaryl/α,β-unsaturated/α-hetero) is 1. The number of aromatic nitrogens is 2. The van der Waals surface area contributed by atoms with E-state index in [-0.39, 0.29) is 30.6 Å². The van der Waals surface area contributed by atoms with E-state index in [1.54, 1.807) is 30.5 Å². The van der Waals surface area contributed by atoms with E-state index in [1.807, 2.05) is 24.3 Å². The minimum absolute atomic E-state index is 0.0503. The number of halogens is 2. The molecule has 6 nitrogen and oxygen atoms in total. The number of ketones is 1. The minimum atomic E-state index is -0.701. The Kier molecular flexibility index (Phi) is 7.37. The fourth-order valence-corrected chi connectivity index (χ4v) is 5.90. The number of benzene rings is 2. The van der Waals surface area contributed by atoms with Crippen molar-refractivity contribution >= 4 is 17.3 Å². The zero-order valence-electron chi connectivity index (χ0n) is 22.8. The van der Waals surface area contributed by atoms with E-state index >= 15 is 0 Å². The number of allylic oxidation sites excluding steroid dienone is 2. The summed E-state index contributed by atoms with van der Waals surface area (Å²) in [5.41, 5.74) is 11.4. The fourth-order valence-electron chi connectivity index (χ4n) is 5.90. The second-order valence-electron chi connectivity index (χ2n) is 11.1. The SMILES string of the molecule is NC(=O)c1cccc(-c2cccnc2[C@@H](CC(=O)CC2=CCc3cc(C4CC4)c(=O)[nH]c32)Cc2cc(F)cc(F)c2)c1. The van der Waals surface area contributed by atoms with Crippen LogP contribution in [-0.4, -0.2) is 21.7 Å². The largest absolute Gasteiger partial charge is 0.366 e. The molecule has 42 heavy (non-hydrogen) atoms. The highest BCUT2D eigenvalue weighted by Crippen LogP contribution is 2.40. The van der Waals surface area contributed by atoms with Crippen LogP contribution in [0.4, 0.5) is 8.78 Å². The predicted octanol–water partition coefficient (Wildman–Crippen LogP) is 6.01. The van der Waals surface area contributed by atoms with Gasteiger partial charge in [-0.1, -0.05) is 24.3 Å². The van der Waals surface area contributed by atoms with Crippen LogP contribution < -0.4 is 11.3 Å². The first-order valence-electron chi connectivity index (χ1n) is 14.0. The molecule has 1 amide bonds. The number of hydrogen-bond acceptors (Lipinski definition) is 4. The van der Waals surface area contributed by atoms with Crippen molar-refractivity contribution in [3.8, 4) is 11.1 Å². The summed E-state index contributed by atoms with van der Waals surface area (Å²) in [7, 11) is 0. The number of rotatable bonds is 10. The second kappa shape index (κ2) is 11.3. The summed E-state index contributed by atoms with van der Waals surface area (Å²) in [6, 6.07) is 15.7. The van der Waals surface area contributed by atoms with E-state index in [0.29, 0.717) is 46.0 Å². The number of carbonyl (C=O) groups is 2. The Hall–Kier alpha value is -4.72. The van der Waals surface area contributed by atoms with Crippen molar-refractivity contribution in [3.05, 3.63) is 129 Å². The van der Waals surface area contributed by atoms with Crippen molar-refractivity contribution in [2.45, 2.75) is 50.4 Å². The summed E-state index contributed by atoms with van der Waals surface area (Å²) in [4.78, 5) is 45.8. The van der Waals surface area contributed by atoms with Gasteiger partial charge in [0.2, 0.25) is 5.91 Å². The molecule has 0 aliphatic heterocycles. The molecule has 4 aromatic rings. The van der Waals surface area contributed by atoms with Gasteiger partial charge < -0.3 is 10.7 Å². The van der Waals surface area contributed by atoms with E-state index in [1.165, 1.54) is 12.1 Å². The van der Waals surface area contributed by atoms with E-state index in [9.17, 15) is 23.2 Å². The van der Waals surface area contributed by atoms with E-state index in [2.05, 4.69) is 9.97 Å². The third-order valence-corrected chi connectivity index (χ3v) is 8.01. The molecule has 2 heterocycles. The lowest BCUT2D eigenvalue weighted by Crippen LogP contribution is -2.16. The van der Waals surface area contributed by atoms with Gasteiger partial charge in [-0.05, 0) is 90.3 Å². The molecule has 0 radical (unpaired) electrons. The fraction of sp³-hybridized carbons (Fsp3) is 0.235. The van der Waals surface area contributed by atoms with Crippen molar-refractivity contribution in [1.82, 2.24) is 9.97 Å². The lowest BCUT2D eigenvalue weighted by atomic mass is 9.85. The summed E-state index contributed by atoms with van der Waals surface area (Å²) < 4.78 is 28.3. The first kappa shape index (κ1) is 27.4. The Morgan fingerprint density at radius 2 is 1.81 bits per heavy atom. The number of nitrogens with two attached hydrogens (primary N) is 1. The first-order valence-corrected chi connectivity index (χ1v) is 14.0. The van der Waals surface area contributed by atoms with Gasteiger partial charge in [-0.15, -0.1) is 0 Å². The number of fused-ring (bicyclic) bond motifs is 1. The monoisotopic (exact) mass is 565 g/mol. The number of carbonyl (C=O) groups excluding carboxylic acids is 2. The summed E-state index contributed by atoms with van der Waals surface area (Å²) in [6.45, 7) is 0. The Balaban J connectivity index is 1.31. The molecule has 1 saturated carbocycles. The molecule has 2 aliphatic carbocycles. The maximum Gasteiger partial charge on any atom is 0.251 e. The van der Waals surface area contributed by atoms with Crippen LogP contribution in [0.25, 0.3) is 16.7 Å². The molecule has 2 aromatic heterocycles. The maximum atomic E-state index is 14.1. The summed E-state index contributed by atoms with van der Waals surface area (Å²) in [5, 5.41) is 0. The van der Waals surface area contributed by atoms with Crippen LogP contribution in [0, 0.1) is 11.6 Å². The standard InChI is InChI=1S/C34H29F2N3O3/c35-26-12-19(13-27(36)18-26)11-25(32-29(5-2-10-38-32)21-3-1-4-24(14-21)33(37)41)16-28(40)15-22-8-9-23-17-30(20-6-7-20)34(42)39-31(22)23/h1-5,8,10,12-14,17-18,20,25H,6-7,9,11,15-16H2,(H2,37,41)(H,39,42)/t25-/m1/s1. The molecule has 1 fully saturated rings. The number of nitrogens with one attached hydrogen (secondary N) is 1. The normalized spacial score (nSPS) is 14.8. The predicted molar refractivity (Wildman–Crippen MR) is 156 cm³/mol. The molecule has 212 valence electrons. The van der Waals surface area contributed by atoms with Crippen LogP contribution in [0.3, 0.4) is 0 Å². The molecule has 3 N–H and O–H groups in total. The molecule has 0 unspecified atom stereocenters. The zero-order valence-corrected chi connectivity index (χ0v) is 22.8. The van der Waals surface area contributed by atoms with Crippen molar-refractivity contribution in [2.75, 3.05) is 0 Å². The van der Waals surface area contributed by atoms with Gasteiger partial charge in [-0.3, -0.25) is 19.4 Å². The van der Waals surface area contributed by atoms with Crippen LogP contribution in [0.1, 0.15) is 76.0 Å². The lowest BCUT2D eigenvalue weighted by molar-refractivity contribution is -0.118. The van der Waals surface area contributed by atoms with Gasteiger partial charge >= 0.3 is 0 Å². The Morgan fingerprint density at radius 1 is 1.02 bits per heavy atom. The molecule has 2 aromatic carbocycles. The maximum absolute atomic E-state index is 14.1. The van der Waals surface area contributed by atoms with Crippen LogP contribution in [0.15, 0.2) is 77.7 Å². The van der Waals surface area contributed by atoms with Gasteiger partial charge in [-0.2, -0.15) is 0 Å². The highest BCUT2D eigenvalue weighted by atomic mass is 19.1. The Morgan fingerprint density at radius 3 is 2.55 bits per heavy atom. The molecular formula is C34H29F2N3O3. The summed E-state index contributed by atoms with van der Waals surface area (Å²) in [5.74, 6) is -2.26. The highest BCUT2D eigenvalue weighted by Gasteiger charge is 2.29. The van der Waals surface area contributed by atoms with Gasteiger partial charge in [0, 0.05) is 53.4 Å². The Labute approximate surface area is 241 Å². The highest BCUT2D eigenvalue weighted by molar-refractivity contribution is 5.94.